The number of nitrogens with zero attached hydrogens (tertiary/aromatic N) is 2. The lowest BCUT2D eigenvalue weighted by Crippen LogP contribution is -2.46. The number of esters is 1. The molecule has 1 rings (SSSR count). The molecular formula is C13H20F3N3O2. The molecule has 1 unspecified atom stereocenters. The van der Waals surface area contributed by atoms with Crippen molar-refractivity contribution < 1.29 is 22.7 Å². The fourth-order valence-corrected chi connectivity index (χ4v) is 1.80. The van der Waals surface area contributed by atoms with Crippen LogP contribution >= 0.6 is 0 Å². The second-order valence-corrected chi connectivity index (χ2v) is 5.08. The average molecular weight is 307 g/mol. The first-order chi connectivity index (χ1) is 9.66. The molecule has 0 radical (unpaired) electrons. The van der Waals surface area contributed by atoms with Crippen molar-refractivity contribution in [3.05, 3.63) is 18.0 Å². The molecule has 0 aromatic carbocycles. The highest BCUT2D eigenvalue weighted by Gasteiger charge is 2.32. The third-order valence-electron chi connectivity index (χ3n) is 3.04. The molecule has 0 aliphatic rings. The van der Waals surface area contributed by atoms with Gasteiger partial charge in [0.15, 0.2) is 0 Å². The fraction of sp³-hybridized carbons (Fsp3) is 0.692. The first-order valence-corrected chi connectivity index (χ1v) is 6.72. The number of halogens is 3. The Morgan fingerprint density at radius 2 is 2.10 bits per heavy atom. The zero-order valence-electron chi connectivity index (χ0n) is 12.1. The minimum absolute atomic E-state index is 0.263. The van der Waals surface area contributed by atoms with Gasteiger partial charge in [0.05, 0.1) is 18.4 Å². The molecule has 0 amide bonds. The predicted octanol–water partition coefficient (Wildman–Crippen LogP) is 2.35. The van der Waals surface area contributed by atoms with Crippen molar-refractivity contribution in [2.24, 2.45) is 5.73 Å². The molecule has 1 atom stereocenters. The maximum Gasteiger partial charge on any atom is 0.419 e. The van der Waals surface area contributed by atoms with Crippen molar-refractivity contribution in [3.8, 4) is 0 Å². The fourth-order valence-electron chi connectivity index (χ4n) is 1.80. The highest BCUT2D eigenvalue weighted by atomic mass is 19.4. The van der Waals surface area contributed by atoms with Crippen LogP contribution in [0.1, 0.15) is 38.7 Å². The number of nitrogens with two attached hydrogens (primary N) is 1. The molecule has 2 N–H and O–H groups in total. The quantitative estimate of drug-likeness (QED) is 0.620. The molecule has 0 aliphatic carbocycles. The van der Waals surface area contributed by atoms with Crippen LogP contribution in [0.5, 0.6) is 0 Å². The number of alkyl halides is 3. The van der Waals surface area contributed by atoms with Crippen LogP contribution < -0.4 is 5.73 Å². The van der Waals surface area contributed by atoms with Crippen LogP contribution in [0.25, 0.3) is 0 Å². The average Bonchev–Trinajstić information content (AvgIpc) is 2.83. The van der Waals surface area contributed by atoms with E-state index in [0.717, 1.165) is 12.4 Å². The number of rotatable bonds is 7. The zero-order chi connectivity index (χ0) is 16.1. The van der Waals surface area contributed by atoms with Gasteiger partial charge in [-0.05, 0) is 33.1 Å². The molecule has 0 bridgehead atoms. The highest BCUT2D eigenvalue weighted by molar-refractivity contribution is 5.79. The Labute approximate surface area is 121 Å². The van der Waals surface area contributed by atoms with Crippen molar-refractivity contribution >= 4 is 5.97 Å². The first-order valence-electron chi connectivity index (χ1n) is 6.72. The van der Waals surface area contributed by atoms with E-state index in [9.17, 15) is 18.0 Å². The third kappa shape index (κ3) is 5.37. The third-order valence-corrected chi connectivity index (χ3v) is 3.04. The molecular weight excluding hydrogens is 287 g/mol. The minimum Gasteiger partial charge on any atom is -0.465 e. The monoisotopic (exact) mass is 307 g/mol. The molecule has 5 nitrogen and oxygen atoms in total. The highest BCUT2D eigenvalue weighted by Crippen LogP contribution is 2.28. The lowest BCUT2D eigenvalue weighted by molar-refractivity contribution is -0.149. The van der Waals surface area contributed by atoms with Crippen LogP contribution in [-0.2, 0) is 22.3 Å². The van der Waals surface area contributed by atoms with Gasteiger partial charge in [-0.25, -0.2) is 0 Å². The van der Waals surface area contributed by atoms with E-state index in [1.807, 2.05) is 0 Å². The predicted molar refractivity (Wildman–Crippen MR) is 70.3 cm³/mol. The first kappa shape index (κ1) is 17.5. The number of carbonyl (C=O) groups excluding carboxylic acids is 1. The number of hydrogen-bond acceptors (Lipinski definition) is 4. The summed E-state index contributed by atoms with van der Waals surface area (Å²) in [7, 11) is 0. The Morgan fingerprint density at radius 1 is 1.43 bits per heavy atom. The Hall–Kier alpha value is -1.57. The molecule has 1 aromatic heterocycles. The second-order valence-electron chi connectivity index (χ2n) is 5.08. The topological polar surface area (TPSA) is 70.1 Å². The largest absolute Gasteiger partial charge is 0.465 e. The van der Waals surface area contributed by atoms with Gasteiger partial charge in [-0.3, -0.25) is 9.48 Å². The SMILES string of the molecule is CCOC(=O)C(C)(N)CCCCn1cc(C(F)(F)F)cn1. The van der Waals surface area contributed by atoms with Crippen molar-refractivity contribution in [2.75, 3.05) is 6.61 Å². The normalized spacial score (nSPS) is 14.8. The number of aryl methyl sites for hydroxylation is 1. The molecule has 0 saturated carbocycles. The van der Waals surface area contributed by atoms with E-state index in [-0.39, 0.29) is 6.61 Å². The summed E-state index contributed by atoms with van der Waals surface area (Å²) in [6.45, 7) is 3.89. The summed E-state index contributed by atoms with van der Waals surface area (Å²) in [5.41, 5.74) is 4.00. The van der Waals surface area contributed by atoms with Crippen LogP contribution in [0.3, 0.4) is 0 Å². The maximum absolute atomic E-state index is 12.4. The lowest BCUT2D eigenvalue weighted by atomic mass is 9.96. The van der Waals surface area contributed by atoms with E-state index in [4.69, 9.17) is 10.5 Å². The zero-order valence-corrected chi connectivity index (χ0v) is 12.1. The van der Waals surface area contributed by atoms with E-state index in [1.165, 1.54) is 4.68 Å². The Morgan fingerprint density at radius 3 is 2.62 bits per heavy atom. The van der Waals surface area contributed by atoms with E-state index in [1.54, 1.807) is 13.8 Å². The van der Waals surface area contributed by atoms with E-state index in [0.29, 0.717) is 25.8 Å². The Kier molecular flexibility index (Phi) is 5.77. The number of ether oxygens (including phenoxy) is 1. The van der Waals surface area contributed by atoms with Crippen LogP contribution in [0.2, 0.25) is 0 Å². The van der Waals surface area contributed by atoms with Gasteiger partial charge in [0.25, 0.3) is 0 Å². The van der Waals surface area contributed by atoms with Crippen molar-refractivity contribution in [1.82, 2.24) is 9.78 Å². The van der Waals surface area contributed by atoms with Gasteiger partial charge in [0, 0.05) is 12.7 Å². The van der Waals surface area contributed by atoms with Gasteiger partial charge < -0.3 is 10.5 Å². The van der Waals surface area contributed by atoms with Crippen molar-refractivity contribution in [2.45, 2.75) is 51.4 Å². The molecule has 120 valence electrons. The van der Waals surface area contributed by atoms with Crippen LogP contribution in [0, 0.1) is 0 Å². The summed E-state index contributed by atoms with van der Waals surface area (Å²) in [6.07, 6.45) is -1.05. The maximum atomic E-state index is 12.4. The molecule has 0 saturated heterocycles. The van der Waals surface area contributed by atoms with Gasteiger partial charge in [-0.2, -0.15) is 18.3 Å². The van der Waals surface area contributed by atoms with E-state index < -0.39 is 23.2 Å². The summed E-state index contributed by atoms with van der Waals surface area (Å²) < 4.78 is 43.3. The minimum atomic E-state index is -4.38. The summed E-state index contributed by atoms with van der Waals surface area (Å²) in [4.78, 5) is 11.6. The van der Waals surface area contributed by atoms with Crippen LogP contribution in [-0.4, -0.2) is 27.9 Å². The summed E-state index contributed by atoms with van der Waals surface area (Å²) >= 11 is 0. The van der Waals surface area contributed by atoms with Crippen molar-refractivity contribution in [1.29, 1.82) is 0 Å². The van der Waals surface area contributed by atoms with Gasteiger partial charge in [0.1, 0.15) is 5.54 Å². The van der Waals surface area contributed by atoms with Crippen molar-refractivity contribution in [3.63, 3.8) is 0 Å². The molecule has 1 heterocycles. The number of carbonyl (C=O) groups is 1. The van der Waals surface area contributed by atoms with E-state index >= 15 is 0 Å². The number of aromatic nitrogens is 2. The number of unbranched alkanes of at least 4 members (excludes halogenated alkanes) is 1. The smallest absolute Gasteiger partial charge is 0.419 e. The second kappa shape index (κ2) is 6.93. The standard InChI is InChI=1S/C13H20F3N3O2/c1-3-21-11(20)12(2,17)6-4-5-7-19-9-10(8-18-19)13(14,15)16/h8-9H,3-7,17H2,1-2H3. The van der Waals surface area contributed by atoms with E-state index in [2.05, 4.69) is 5.10 Å². The van der Waals surface area contributed by atoms with Gasteiger partial charge in [0.2, 0.25) is 0 Å². The summed E-state index contributed by atoms with van der Waals surface area (Å²) in [5.74, 6) is -0.469. The summed E-state index contributed by atoms with van der Waals surface area (Å²) in [6, 6.07) is 0. The Bertz CT molecular complexity index is 469. The molecule has 21 heavy (non-hydrogen) atoms. The molecule has 0 fully saturated rings. The lowest BCUT2D eigenvalue weighted by Gasteiger charge is -2.21. The molecule has 0 aliphatic heterocycles. The number of hydrogen-bond donors (Lipinski definition) is 1. The van der Waals surface area contributed by atoms with Gasteiger partial charge in [-0.1, -0.05) is 0 Å². The summed E-state index contributed by atoms with van der Waals surface area (Å²) in [5, 5.41) is 3.65. The molecule has 0 spiro atoms. The Balaban J connectivity index is 2.37. The van der Waals surface area contributed by atoms with Gasteiger partial charge >= 0.3 is 12.1 Å². The van der Waals surface area contributed by atoms with Crippen LogP contribution in [0.4, 0.5) is 13.2 Å². The molecule has 1 aromatic rings. The van der Waals surface area contributed by atoms with Gasteiger partial charge in [-0.15, -0.1) is 0 Å². The van der Waals surface area contributed by atoms with Crippen LogP contribution in [0.15, 0.2) is 12.4 Å². The molecule has 8 heteroatoms.